The second-order valence-corrected chi connectivity index (χ2v) is 6.62. The van der Waals surface area contributed by atoms with Gasteiger partial charge in [-0.2, -0.15) is 4.98 Å². The Morgan fingerprint density at radius 3 is 2.68 bits per heavy atom. The monoisotopic (exact) mass is 386 g/mol. The number of amides is 1. The molecular formula is C18H22N6O4. The zero-order chi connectivity index (χ0) is 20.3. The molecule has 1 amide bonds. The van der Waals surface area contributed by atoms with Crippen molar-refractivity contribution < 1.29 is 10.0 Å². The number of rotatable bonds is 7. The SMILES string of the molecule is Cc1cc2nc3c(=O)[nH]c(=O)nc-3n(CCNCCCC(=O)NO)c2cc1C. The lowest BCUT2D eigenvalue weighted by Gasteiger charge is -2.18. The number of aromatic nitrogens is 4. The molecule has 28 heavy (non-hydrogen) atoms. The molecule has 1 aromatic rings. The molecule has 2 heterocycles. The number of aryl methyl sites for hydroxylation is 2. The number of nitrogens with zero attached hydrogens (tertiary/aromatic N) is 3. The van der Waals surface area contributed by atoms with E-state index in [0.717, 1.165) is 16.6 Å². The molecule has 148 valence electrons. The molecule has 0 aliphatic carbocycles. The predicted molar refractivity (Wildman–Crippen MR) is 103 cm³/mol. The normalized spacial score (nSPS) is 11.2. The average Bonchev–Trinajstić information content (AvgIpc) is 2.65. The van der Waals surface area contributed by atoms with Crippen molar-refractivity contribution in [3.8, 4) is 11.5 Å². The zero-order valence-corrected chi connectivity index (χ0v) is 15.7. The van der Waals surface area contributed by atoms with Crippen LogP contribution in [0.5, 0.6) is 0 Å². The number of H-pyrrole nitrogens is 1. The van der Waals surface area contributed by atoms with Gasteiger partial charge < -0.3 is 9.88 Å². The van der Waals surface area contributed by atoms with E-state index in [9.17, 15) is 14.4 Å². The van der Waals surface area contributed by atoms with Crippen LogP contribution in [0.2, 0.25) is 0 Å². The Labute approximate surface area is 159 Å². The van der Waals surface area contributed by atoms with Crippen molar-refractivity contribution in [2.45, 2.75) is 33.2 Å². The number of hydrogen-bond acceptors (Lipinski definition) is 7. The highest BCUT2D eigenvalue weighted by Gasteiger charge is 2.18. The first kappa shape index (κ1) is 19.6. The van der Waals surface area contributed by atoms with Crippen LogP contribution in [-0.2, 0) is 11.3 Å². The van der Waals surface area contributed by atoms with Gasteiger partial charge in [-0.05, 0) is 50.1 Å². The van der Waals surface area contributed by atoms with Crippen molar-refractivity contribution in [3.05, 3.63) is 44.1 Å². The van der Waals surface area contributed by atoms with Crippen LogP contribution in [0.3, 0.4) is 0 Å². The van der Waals surface area contributed by atoms with Crippen LogP contribution in [0.25, 0.3) is 22.6 Å². The highest BCUT2D eigenvalue weighted by molar-refractivity contribution is 5.81. The molecule has 1 aromatic carbocycles. The summed E-state index contributed by atoms with van der Waals surface area (Å²) >= 11 is 0. The molecule has 0 saturated heterocycles. The van der Waals surface area contributed by atoms with E-state index in [1.165, 1.54) is 0 Å². The number of fused-ring (bicyclic) bond motifs is 2. The van der Waals surface area contributed by atoms with Crippen LogP contribution >= 0.6 is 0 Å². The zero-order valence-electron chi connectivity index (χ0n) is 15.7. The van der Waals surface area contributed by atoms with Crippen molar-refractivity contribution in [2.24, 2.45) is 0 Å². The fraction of sp³-hybridized carbons (Fsp3) is 0.389. The van der Waals surface area contributed by atoms with Crippen LogP contribution in [0, 0.1) is 13.8 Å². The molecule has 10 nitrogen and oxygen atoms in total. The lowest BCUT2D eigenvalue weighted by Crippen LogP contribution is -2.30. The maximum atomic E-state index is 12.2. The molecule has 0 spiro atoms. The van der Waals surface area contributed by atoms with E-state index >= 15 is 0 Å². The molecule has 0 fully saturated rings. The fourth-order valence-electron chi connectivity index (χ4n) is 3.02. The van der Waals surface area contributed by atoms with E-state index < -0.39 is 17.2 Å². The molecule has 3 rings (SSSR count). The van der Waals surface area contributed by atoms with Gasteiger partial charge in [0.2, 0.25) is 5.91 Å². The first-order valence-corrected chi connectivity index (χ1v) is 8.96. The summed E-state index contributed by atoms with van der Waals surface area (Å²) in [5.74, 6) is -0.189. The molecule has 2 aliphatic heterocycles. The Morgan fingerprint density at radius 2 is 1.93 bits per heavy atom. The lowest BCUT2D eigenvalue weighted by atomic mass is 10.1. The van der Waals surface area contributed by atoms with Crippen LogP contribution in [0.4, 0.5) is 0 Å². The van der Waals surface area contributed by atoms with E-state index in [2.05, 4.69) is 20.3 Å². The van der Waals surface area contributed by atoms with Gasteiger partial charge in [0, 0.05) is 19.5 Å². The minimum Gasteiger partial charge on any atom is -0.321 e. The quantitative estimate of drug-likeness (QED) is 0.195. The molecular weight excluding hydrogens is 364 g/mol. The van der Waals surface area contributed by atoms with Gasteiger partial charge in [-0.15, -0.1) is 0 Å². The van der Waals surface area contributed by atoms with E-state index in [1.54, 1.807) is 5.48 Å². The fourth-order valence-corrected chi connectivity index (χ4v) is 3.02. The Hall–Kier alpha value is -3.11. The van der Waals surface area contributed by atoms with Crippen molar-refractivity contribution >= 4 is 16.9 Å². The number of benzene rings is 1. The van der Waals surface area contributed by atoms with Crippen molar-refractivity contribution in [1.29, 1.82) is 0 Å². The van der Waals surface area contributed by atoms with Gasteiger partial charge in [0.1, 0.15) is 0 Å². The summed E-state index contributed by atoms with van der Waals surface area (Å²) in [5.41, 5.74) is 4.00. The minimum atomic E-state index is -0.709. The minimum absolute atomic E-state index is 0.120. The summed E-state index contributed by atoms with van der Waals surface area (Å²) in [7, 11) is 0. The van der Waals surface area contributed by atoms with Crippen molar-refractivity contribution in [3.63, 3.8) is 0 Å². The highest BCUT2D eigenvalue weighted by Crippen LogP contribution is 2.23. The second kappa shape index (κ2) is 8.28. The van der Waals surface area contributed by atoms with Crippen molar-refractivity contribution in [2.75, 3.05) is 13.1 Å². The third-order valence-electron chi connectivity index (χ3n) is 4.62. The third kappa shape index (κ3) is 4.07. The number of carbonyl (C=O) groups is 1. The van der Waals surface area contributed by atoms with Gasteiger partial charge in [0.05, 0.1) is 11.0 Å². The van der Waals surface area contributed by atoms with Crippen LogP contribution in [0.1, 0.15) is 24.0 Å². The predicted octanol–water partition coefficient (Wildman–Crippen LogP) is 0.0766. The topological polar surface area (TPSA) is 142 Å². The molecule has 0 aromatic heterocycles. The summed E-state index contributed by atoms with van der Waals surface area (Å²) in [6, 6.07) is 3.88. The van der Waals surface area contributed by atoms with E-state index in [-0.39, 0.29) is 17.9 Å². The molecule has 2 aliphatic rings. The smallest absolute Gasteiger partial charge is 0.321 e. The third-order valence-corrected chi connectivity index (χ3v) is 4.62. The van der Waals surface area contributed by atoms with E-state index in [1.807, 2.05) is 30.5 Å². The lowest BCUT2D eigenvalue weighted by molar-refractivity contribution is -0.129. The number of aromatic amines is 1. The van der Waals surface area contributed by atoms with Gasteiger partial charge in [0.15, 0.2) is 11.5 Å². The largest absolute Gasteiger partial charge is 0.349 e. The molecule has 0 unspecified atom stereocenters. The first-order valence-electron chi connectivity index (χ1n) is 8.96. The maximum absolute atomic E-state index is 12.2. The summed E-state index contributed by atoms with van der Waals surface area (Å²) in [5, 5.41) is 11.7. The molecule has 0 bridgehead atoms. The number of nitrogens with one attached hydrogen (secondary N) is 3. The van der Waals surface area contributed by atoms with Gasteiger partial charge in [0.25, 0.3) is 5.56 Å². The van der Waals surface area contributed by atoms with Crippen LogP contribution in [0.15, 0.2) is 21.7 Å². The standard InChI is InChI=1S/C18H22N6O4/c1-10-8-12-13(9-11(10)2)24(7-6-19-5-3-4-14(25)23-28)16-15(20-12)17(26)22-18(27)21-16/h8-9,19,28H,3-7H2,1-2H3,(H,23,25)(H,22,26,27). The summed E-state index contributed by atoms with van der Waals surface area (Å²) in [6.07, 6.45) is 0.780. The average molecular weight is 386 g/mol. The molecule has 0 atom stereocenters. The Bertz CT molecular complexity index is 1100. The molecule has 10 heteroatoms. The molecule has 4 N–H and O–H groups in total. The summed E-state index contributed by atoms with van der Waals surface area (Å²) in [4.78, 5) is 45.5. The van der Waals surface area contributed by atoms with Crippen LogP contribution in [-0.4, -0.2) is 43.7 Å². The number of hydroxylamine groups is 1. The van der Waals surface area contributed by atoms with Crippen molar-refractivity contribution in [1.82, 2.24) is 30.3 Å². The maximum Gasteiger partial charge on any atom is 0.349 e. The highest BCUT2D eigenvalue weighted by atomic mass is 16.5. The van der Waals surface area contributed by atoms with Gasteiger partial charge in [-0.1, -0.05) is 0 Å². The van der Waals surface area contributed by atoms with Gasteiger partial charge >= 0.3 is 5.69 Å². The summed E-state index contributed by atoms with van der Waals surface area (Å²) in [6.45, 7) is 5.53. The number of carbonyl (C=O) groups excluding carboxylic acids is 1. The van der Waals surface area contributed by atoms with Gasteiger partial charge in [-0.3, -0.25) is 19.8 Å². The second-order valence-electron chi connectivity index (χ2n) is 6.62. The first-order chi connectivity index (χ1) is 13.4. The Kier molecular flexibility index (Phi) is 5.81. The number of hydrogen-bond donors (Lipinski definition) is 4. The molecule has 0 radical (unpaired) electrons. The summed E-state index contributed by atoms with van der Waals surface area (Å²) < 4.78 is 1.81. The van der Waals surface area contributed by atoms with E-state index in [0.29, 0.717) is 31.6 Å². The van der Waals surface area contributed by atoms with Gasteiger partial charge in [-0.25, -0.2) is 15.3 Å². The van der Waals surface area contributed by atoms with E-state index in [4.69, 9.17) is 5.21 Å². The Morgan fingerprint density at radius 1 is 1.18 bits per heavy atom. The molecule has 0 saturated carbocycles. The Balaban J connectivity index is 1.92. The van der Waals surface area contributed by atoms with Crippen LogP contribution < -0.4 is 22.0 Å².